The molecule has 1 saturated heterocycles. The Bertz CT molecular complexity index is 249. The van der Waals surface area contributed by atoms with Crippen molar-refractivity contribution in [2.24, 2.45) is 5.92 Å². The number of hydrogen-bond acceptors (Lipinski definition) is 2. The number of carbonyl (C=O) groups excluding carboxylic acids is 1. The molecule has 0 radical (unpaired) electrons. The van der Waals surface area contributed by atoms with Crippen LogP contribution in [0.3, 0.4) is 0 Å². The van der Waals surface area contributed by atoms with Gasteiger partial charge in [-0.2, -0.15) is 0 Å². The van der Waals surface area contributed by atoms with Gasteiger partial charge in [0.05, 0.1) is 6.10 Å². The minimum absolute atomic E-state index is 0.120. The van der Waals surface area contributed by atoms with Crippen LogP contribution in [-0.2, 0) is 4.79 Å². The first-order valence-corrected chi connectivity index (χ1v) is 4.55. The molecule has 1 N–H and O–H groups in total. The predicted octanol–water partition coefficient (Wildman–Crippen LogP) is 0.239. The first-order chi connectivity index (χ1) is 6.15. The minimum Gasteiger partial charge on any atom is -0.393 e. The Kier molecular flexibility index (Phi) is 3.32. The van der Waals surface area contributed by atoms with Crippen LogP contribution < -0.4 is 0 Å². The molecule has 0 aromatic heterocycles. The van der Waals surface area contributed by atoms with Crippen molar-refractivity contribution in [1.29, 1.82) is 0 Å². The van der Waals surface area contributed by atoms with Gasteiger partial charge in [-0.25, -0.2) is 0 Å². The van der Waals surface area contributed by atoms with E-state index in [1.165, 1.54) is 0 Å². The standard InChI is InChI=1S/C10H15NO2/c1-3-4-10(13)11-6-5-9(7-11)8(2)12/h8-9,12H,5-7H2,1-2H3. The minimum atomic E-state index is -0.326. The van der Waals surface area contributed by atoms with Crippen LogP contribution >= 0.6 is 0 Å². The van der Waals surface area contributed by atoms with Crippen molar-refractivity contribution in [2.75, 3.05) is 13.1 Å². The number of likely N-dealkylation sites (tertiary alicyclic amines) is 1. The highest BCUT2D eigenvalue weighted by Crippen LogP contribution is 2.19. The van der Waals surface area contributed by atoms with E-state index in [2.05, 4.69) is 11.8 Å². The van der Waals surface area contributed by atoms with Gasteiger partial charge in [-0.15, -0.1) is 0 Å². The molecule has 0 aliphatic carbocycles. The summed E-state index contributed by atoms with van der Waals surface area (Å²) < 4.78 is 0. The van der Waals surface area contributed by atoms with E-state index in [0.717, 1.165) is 13.0 Å². The maximum Gasteiger partial charge on any atom is 0.298 e. The van der Waals surface area contributed by atoms with Crippen molar-refractivity contribution >= 4 is 5.91 Å². The van der Waals surface area contributed by atoms with E-state index in [0.29, 0.717) is 6.54 Å². The molecule has 13 heavy (non-hydrogen) atoms. The van der Waals surface area contributed by atoms with Crippen molar-refractivity contribution in [2.45, 2.75) is 26.4 Å². The molecular formula is C10H15NO2. The summed E-state index contributed by atoms with van der Waals surface area (Å²) in [5.74, 6) is 5.19. The molecule has 0 spiro atoms. The van der Waals surface area contributed by atoms with Crippen molar-refractivity contribution in [3.63, 3.8) is 0 Å². The predicted molar refractivity (Wildman–Crippen MR) is 49.8 cm³/mol. The first-order valence-electron chi connectivity index (χ1n) is 4.55. The molecule has 1 aliphatic rings. The fraction of sp³-hybridized carbons (Fsp3) is 0.700. The van der Waals surface area contributed by atoms with Gasteiger partial charge in [-0.1, -0.05) is 5.92 Å². The highest BCUT2D eigenvalue weighted by atomic mass is 16.3. The number of aliphatic hydroxyl groups excluding tert-OH is 1. The Labute approximate surface area is 78.7 Å². The highest BCUT2D eigenvalue weighted by molar-refractivity contribution is 5.93. The van der Waals surface area contributed by atoms with Crippen LogP contribution in [0.4, 0.5) is 0 Å². The molecule has 1 rings (SSSR count). The third-order valence-corrected chi connectivity index (χ3v) is 2.43. The summed E-state index contributed by atoms with van der Waals surface area (Å²) in [6, 6.07) is 0. The molecule has 1 amide bonds. The van der Waals surface area contributed by atoms with E-state index in [-0.39, 0.29) is 17.9 Å². The third kappa shape index (κ3) is 2.46. The number of nitrogens with zero attached hydrogens (tertiary/aromatic N) is 1. The molecular weight excluding hydrogens is 166 g/mol. The van der Waals surface area contributed by atoms with Crippen molar-refractivity contribution in [3.8, 4) is 11.8 Å². The van der Waals surface area contributed by atoms with Gasteiger partial charge in [0.1, 0.15) is 0 Å². The largest absolute Gasteiger partial charge is 0.393 e. The Morgan fingerprint density at radius 1 is 1.69 bits per heavy atom. The lowest BCUT2D eigenvalue weighted by atomic mass is 10.0. The summed E-state index contributed by atoms with van der Waals surface area (Å²) in [6.45, 7) is 4.79. The van der Waals surface area contributed by atoms with E-state index in [1.54, 1.807) is 18.7 Å². The molecule has 0 aromatic rings. The summed E-state index contributed by atoms with van der Waals surface area (Å²) in [7, 11) is 0. The fourth-order valence-electron chi connectivity index (χ4n) is 1.55. The lowest BCUT2D eigenvalue weighted by Crippen LogP contribution is -2.29. The molecule has 2 unspecified atom stereocenters. The van der Waals surface area contributed by atoms with Gasteiger partial charge in [-0.3, -0.25) is 4.79 Å². The van der Waals surface area contributed by atoms with Gasteiger partial charge in [-0.05, 0) is 26.2 Å². The van der Waals surface area contributed by atoms with Crippen LogP contribution in [0.5, 0.6) is 0 Å². The lowest BCUT2D eigenvalue weighted by molar-refractivity contribution is -0.124. The summed E-state index contributed by atoms with van der Waals surface area (Å²) in [6.07, 6.45) is 0.557. The second-order valence-electron chi connectivity index (χ2n) is 3.42. The van der Waals surface area contributed by atoms with E-state index < -0.39 is 0 Å². The monoisotopic (exact) mass is 181 g/mol. The smallest absolute Gasteiger partial charge is 0.298 e. The van der Waals surface area contributed by atoms with Crippen LogP contribution in [-0.4, -0.2) is 35.1 Å². The van der Waals surface area contributed by atoms with Crippen LogP contribution in [0, 0.1) is 17.8 Å². The van der Waals surface area contributed by atoms with Crippen LogP contribution in [0.2, 0.25) is 0 Å². The van der Waals surface area contributed by atoms with Gasteiger partial charge in [0.25, 0.3) is 5.91 Å². The normalized spacial score (nSPS) is 23.6. The van der Waals surface area contributed by atoms with Gasteiger partial charge < -0.3 is 10.0 Å². The number of amides is 1. The van der Waals surface area contributed by atoms with Gasteiger partial charge in [0, 0.05) is 19.0 Å². The van der Waals surface area contributed by atoms with Gasteiger partial charge >= 0.3 is 0 Å². The molecule has 3 nitrogen and oxygen atoms in total. The quantitative estimate of drug-likeness (QED) is 0.589. The number of carbonyl (C=O) groups is 1. The molecule has 0 bridgehead atoms. The summed E-state index contributed by atoms with van der Waals surface area (Å²) in [4.78, 5) is 13.0. The van der Waals surface area contributed by atoms with Gasteiger partial charge in [0.15, 0.2) is 0 Å². The molecule has 0 saturated carbocycles. The lowest BCUT2D eigenvalue weighted by Gasteiger charge is -2.14. The first kappa shape index (κ1) is 10.1. The van der Waals surface area contributed by atoms with Crippen LogP contribution in [0.15, 0.2) is 0 Å². The molecule has 1 aliphatic heterocycles. The van der Waals surface area contributed by atoms with E-state index in [1.807, 2.05) is 0 Å². The van der Waals surface area contributed by atoms with E-state index >= 15 is 0 Å². The molecule has 1 heterocycles. The average Bonchev–Trinajstić information content (AvgIpc) is 2.52. The Morgan fingerprint density at radius 2 is 2.38 bits per heavy atom. The van der Waals surface area contributed by atoms with E-state index in [4.69, 9.17) is 0 Å². The highest BCUT2D eigenvalue weighted by Gasteiger charge is 2.28. The summed E-state index contributed by atoms with van der Waals surface area (Å²) >= 11 is 0. The zero-order valence-corrected chi connectivity index (χ0v) is 8.08. The fourth-order valence-corrected chi connectivity index (χ4v) is 1.55. The maximum atomic E-state index is 11.3. The van der Waals surface area contributed by atoms with Crippen LogP contribution in [0.25, 0.3) is 0 Å². The summed E-state index contributed by atoms with van der Waals surface area (Å²) in [5.41, 5.74) is 0. The zero-order chi connectivity index (χ0) is 9.84. The molecule has 0 aromatic carbocycles. The molecule has 2 atom stereocenters. The topological polar surface area (TPSA) is 40.5 Å². The van der Waals surface area contributed by atoms with Crippen molar-refractivity contribution in [1.82, 2.24) is 4.90 Å². The van der Waals surface area contributed by atoms with Crippen LogP contribution in [0.1, 0.15) is 20.3 Å². The Balaban J connectivity index is 2.48. The third-order valence-electron chi connectivity index (χ3n) is 2.43. The zero-order valence-electron chi connectivity index (χ0n) is 8.08. The summed E-state index contributed by atoms with van der Waals surface area (Å²) in [5, 5.41) is 9.31. The molecule has 72 valence electrons. The van der Waals surface area contributed by atoms with Gasteiger partial charge in [0.2, 0.25) is 0 Å². The second kappa shape index (κ2) is 4.29. The molecule has 1 fully saturated rings. The SMILES string of the molecule is CC#CC(=O)N1CCC(C(C)O)C1. The number of rotatable bonds is 1. The van der Waals surface area contributed by atoms with E-state index in [9.17, 15) is 9.90 Å². The van der Waals surface area contributed by atoms with Crippen molar-refractivity contribution in [3.05, 3.63) is 0 Å². The number of hydrogen-bond donors (Lipinski definition) is 1. The second-order valence-corrected chi connectivity index (χ2v) is 3.42. The number of aliphatic hydroxyl groups is 1. The Hall–Kier alpha value is -1.01. The Morgan fingerprint density at radius 3 is 2.85 bits per heavy atom. The maximum absolute atomic E-state index is 11.3. The van der Waals surface area contributed by atoms with Crippen molar-refractivity contribution < 1.29 is 9.90 Å². The average molecular weight is 181 g/mol. The molecule has 3 heteroatoms.